The second kappa shape index (κ2) is 11.2. The molecule has 1 aromatic carbocycles. The molecular formula is C22H37N3O. The smallest absolute Gasteiger partial charge is 0.314 e. The minimum absolute atomic E-state index is 0.0347. The molecule has 26 heavy (non-hydrogen) atoms. The van der Waals surface area contributed by atoms with E-state index >= 15 is 0 Å². The van der Waals surface area contributed by atoms with Crippen molar-refractivity contribution in [3.63, 3.8) is 0 Å². The Morgan fingerprint density at radius 1 is 1.12 bits per heavy atom. The van der Waals surface area contributed by atoms with Crippen LogP contribution in [0.1, 0.15) is 51.5 Å². The summed E-state index contributed by atoms with van der Waals surface area (Å²) in [6.45, 7) is 7.56. The summed E-state index contributed by atoms with van der Waals surface area (Å²) in [5, 5.41) is 5.83. The number of likely N-dealkylation sites (tertiary alicyclic amines) is 1. The van der Waals surface area contributed by atoms with E-state index in [2.05, 4.69) is 45.9 Å². The van der Waals surface area contributed by atoms with Gasteiger partial charge in [0.05, 0.1) is 0 Å². The molecule has 0 aromatic heterocycles. The molecule has 1 saturated carbocycles. The van der Waals surface area contributed by atoms with Crippen LogP contribution in [0.25, 0.3) is 0 Å². The van der Waals surface area contributed by atoms with Gasteiger partial charge < -0.3 is 15.5 Å². The first-order valence-electron chi connectivity index (χ1n) is 10.5. The van der Waals surface area contributed by atoms with Gasteiger partial charge in [-0.15, -0.1) is 0 Å². The van der Waals surface area contributed by atoms with Crippen molar-refractivity contribution in [2.45, 2.75) is 58.4 Å². The van der Waals surface area contributed by atoms with Gasteiger partial charge in [0.15, 0.2) is 0 Å². The maximum Gasteiger partial charge on any atom is 0.314 e. The summed E-state index contributed by atoms with van der Waals surface area (Å²) in [5.41, 5.74) is 1.46. The number of nitrogens with zero attached hydrogens (tertiary/aromatic N) is 1. The number of urea groups is 1. The second-order valence-corrected chi connectivity index (χ2v) is 7.48. The maximum absolute atomic E-state index is 11.6. The van der Waals surface area contributed by atoms with Crippen LogP contribution in [0, 0.1) is 11.8 Å². The monoisotopic (exact) mass is 359 g/mol. The number of piperidine rings is 1. The van der Waals surface area contributed by atoms with E-state index in [9.17, 15) is 4.79 Å². The lowest BCUT2D eigenvalue weighted by Gasteiger charge is -2.35. The number of rotatable bonds is 5. The van der Waals surface area contributed by atoms with Crippen molar-refractivity contribution in [3.8, 4) is 0 Å². The summed E-state index contributed by atoms with van der Waals surface area (Å²) in [6.07, 6.45) is 7.45. The summed E-state index contributed by atoms with van der Waals surface area (Å²) < 4.78 is 0. The van der Waals surface area contributed by atoms with Crippen LogP contribution >= 0.6 is 0 Å². The summed E-state index contributed by atoms with van der Waals surface area (Å²) in [6, 6.07) is 11.2. The minimum Gasteiger partial charge on any atom is -0.341 e. The Morgan fingerprint density at radius 3 is 2.62 bits per heavy atom. The molecule has 1 aliphatic carbocycles. The molecule has 0 bridgehead atoms. The van der Waals surface area contributed by atoms with Gasteiger partial charge in [-0.05, 0) is 56.0 Å². The van der Waals surface area contributed by atoms with Gasteiger partial charge in [-0.1, -0.05) is 50.6 Å². The number of nitrogens with one attached hydrogen (secondary N) is 2. The van der Waals surface area contributed by atoms with Crippen molar-refractivity contribution in [2.75, 3.05) is 26.7 Å². The molecule has 1 aromatic rings. The summed E-state index contributed by atoms with van der Waals surface area (Å²) in [7, 11) is 1.69. The van der Waals surface area contributed by atoms with Gasteiger partial charge in [0.1, 0.15) is 0 Å². The Hall–Kier alpha value is -1.55. The zero-order valence-electron chi connectivity index (χ0n) is 16.8. The number of carbonyl (C=O) groups is 1. The minimum atomic E-state index is -0.0347. The fourth-order valence-electron chi connectivity index (χ4n) is 4.45. The topological polar surface area (TPSA) is 44.4 Å². The standard InChI is InChI=1S/C20H31N3O.C2H6/c1-21-20(24)22-19-11-5-10-18(19)15-23-12-6-9-17(14-23)13-16-7-3-2-4-8-16;1-2/h2-4,7-8,17-19H,5-6,9-15H2,1H3,(H2,21,22,24);1-2H3. The van der Waals surface area contributed by atoms with E-state index in [4.69, 9.17) is 0 Å². The van der Waals surface area contributed by atoms with E-state index in [1.165, 1.54) is 50.8 Å². The van der Waals surface area contributed by atoms with Crippen LogP contribution in [0.5, 0.6) is 0 Å². The third kappa shape index (κ3) is 6.31. The van der Waals surface area contributed by atoms with Crippen LogP contribution in [0.15, 0.2) is 30.3 Å². The van der Waals surface area contributed by atoms with Crippen molar-refractivity contribution in [1.29, 1.82) is 0 Å². The molecule has 2 fully saturated rings. The van der Waals surface area contributed by atoms with Crippen LogP contribution in [0.2, 0.25) is 0 Å². The van der Waals surface area contributed by atoms with E-state index in [1.807, 2.05) is 13.8 Å². The average Bonchev–Trinajstić information content (AvgIpc) is 3.11. The molecule has 2 aliphatic rings. The van der Waals surface area contributed by atoms with Crippen molar-refractivity contribution >= 4 is 6.03 Å². The highest BCUT2D eigenvalue weighted by Crippen LogP contribution is 2.29. The number of carbonyl (C=O) groups excluding carboxylic acids is 1. The molecular weight excluding hydrogens is 322 g/mol. The van der Waals surface area contributed by atoms with E-state index in [-0.39, 0.29) is 6.03 Å². The first-order chi connectivity index (χ1) is 12.7. The number of amides is 2. The van der Waals surface area contributed by atoms with Crippen molar-refractivity contribution < 1.29 is 4.79 Å². The molecule has 3 unspecified atom stereocenters. The summed E-state index contributed by atoms with van der Waals surface area (Å²) in [5.74, 6) is 1.38. The fourth-order valence-corrected chi connectivity index (χ4v) is 4.45. The quantitative estimate of drug-likeness (QED) is 0.832. The lowest BCUT2D eigenvalue weighted by molar-refractivity contribution is 0.144. The molecule has 1 aliphatic heterocycles. The van der Waals surface area contributed by atoms with Crippen LogP contribution in [-0.4, -0.2) is 43.7 Å². The number of hydrogen-bond acceptors (Lipinski definition) is 2. The van der Waals surface area contributed by atoms with Gasteiger partial charge in [-0.25, -0.2) is 4.79 Å². The first-order valence-corrected chi connectivity index (χ1v) is 10.5. The SMILES string of the molecule is CC.CNC(=O)NC1CCCC1CN1CCCC(Cc2ccccc2)C1. The van der Waals surface area contributed by atoms with E-state index in [0.717, 1.165) is 18.9 Å². The zero-order chi connectivity index (χ0) is 18.8. The van der Waals surface area contributed by atoms with Gasteiger partial charge in [0, 0.05) is 26.2 Å². The molecule has 1 saturated heterocycles. The summed E-state index contributed by atoms with van der Waals surface area (Å²) >= 11 is 0. The van der Waals surface area contributed by atoms with Crippen LogP contribution in [0.3, 0.4) is 0 Å². The molecule has 4 heteroatoms. The maximum atomic E-state index is 11.6. The molecule has 2 amide bonds. The molecule has 146 valence electrons. The zero-order valence-corrected chi connectivity index (χ0v) is 16.8. The Balaban J connectivity index is 0.00000117. The highest BCUT2D eigenvalue weighted by molar-refractivity contribution is 5.73. The van der Waals surface area contributed by atoms with Crippen molar-refractivity contribution in [1.82, 2.24) is 15.5 Å². The third-order valence-electron chi connectivity index (χ3n) is 5.67. The molecule has 0 radical (unpaired) electrons. The lowest BCUT2D eigenvalue weighted by Crippen LogP contribution is -2.47. The lowest BCUT2D eigenvalue weighted by atomic mass is 9.90. The Kier molecular flexibility index (Phi) is 8.96. The van der Waals surface area contributed by atoms with E-state index < -0.39 is 0 Å². The van der Waals surface area contributed by atoms with E-state index in [1.54, 1.807) is 7.05 Å². The predicted octanol–water partition coefficient (Wildman–Crippen LogP) is 4.07. The Bertz CT molecular complexity index is 519. The third-order valence-corrected chi connectivity index (χ3v) is 5.67. The van der Waals surface area contributed by atoms with Gasteiger partial charge in [-0.2, -0.15) is 0 Å². The van der Waals surface area contributed by atoms with Crippen molar-refractivity contribution in [3.05, 3.63) is 35.9 Å². The normalized spacial score (nSPS) is 25.9. The second-order valence-electron chi connectivity index (χ2n) is 7.48. The summed E-state index contributed by atoms with van der Waals surface area (Å²) in [4.78, 5) is 14.3. The first kappa shape index (κ1) is 20.8. The van der Waals surface area contributed by atoms with Crippen LogP contribution in [0.4, 0.5) is 4.79 Å². The van der Waals surface area contributed by atoms with Gasteiger partial charge >= 0.3 is 6.03 Å². The molecule has 4 nitrogen and oxygen atoms in total. The number of hydrogen-bond donors (Lipinski definition) is 2. The Morgan fingerprint density at radius 2 is 1.88 bits per heavy atom. The molecule has 3 atom stereocenters. The van der Waals surface area contributed by atoms with Gasteiger partial charge in [0.25, 0.3) is 0 Å². The van der Waals surface area contributed by atoms with Gasteiger partial charge in [0.2, 0.25) is 0 Å². The number of benzene rings is 1. The fraction of sp³-hybridized carbons (Fsp3) is 0.682. The van der Waals surface area contributed by atoms with Crippen LogP contribution in [-0.2, 0) is 6.42 Å². The van der Waals surface area contributed by atoms with Crippen LogP contribution < -0.4 is 10.6 Å². The largest absolute Gasteiger partial charge is 0.341 e. The highest BCUT2D eigenvalue weighted by Gasteiger charge is 2.31. The molecule has 1 heterocycles. The van der Waals surface area contributed by atoms with E-state index in [0.29, 0.717) is 12.0 Å². The average molecular weight is 360 g/mol. The van der Waals surface area contributed by atoms with Crippen molar-refractivity contribution in [2.24, 2.45) is 11.8 Å². The molecule has 0 spiro atoms. The highest BCUT2D eigenvalue weighted by atomic mass is 16.2. The van der Waals surface area contributed by atoms with Gasteiger partial charge in [-0.3, -0.25) is 0 Å². The molecule has 2 N–H and O–H groups in total. The predicted molar refractivity (Wildman–Crippen MR) is 109 cm³/mol. The molecule has 3 rings (SSSR count). The Labute approximate surface area is 159 Å².